The molecule has 1 heterocycles. The van der Waals surface area contributed by atoms with Gasteiger partial charge in [-0.25, -0.2) is 4.39 Å². The molecule has 0 saturated carbocycles. The lowest BCUT2D eigenvalue weighted by atomic mass is 10.1. The molecule has 2 nitrogen and oxygen atoms in total. The molecular weight excluding hydrogens is 239 g/mol. The molecule has 0 aliphatic heterocycles. The first kappa shape index (κ1) is 13.5. The maximum Gasteiger partial charge on any atom is 0.146 e. The summed E-state index contributed by atoms with van der Waals surface area (Å²) in [6.45, 7) is 4.04. The zero-order valence-electron chi connectivity index (χ0n) is 11.4. The van der Waals surface area contributed by atoms with Crippen molar-refractivity contribution in [3.05, 3.63) is 53.6 Å². The van der Waals surface area contributed by atoms with E-state index in [1.807, 2.05) is 19.1 Å². The van der Waals surface area contributed by atoms with Crippen molar-refractivity contribution in [2.45, 2.75) is 33.1 Å². The second-order valence-electron chi connectivity index (χ2n) is 4.74. The lowest BCUT2D eigenvalue weighted by Crippen LogP contribution is -1.99. The van der Waals surface area contributed by atoms with Gasteiger partial charge < -0.3 is 5.32 Å². The molecule has 0 unspecified atom stereocenters. The Bertz CT molecular complexity index is 552. The van der Waals surface area contributed by atoms with Gasteiger partial charge in [0.25, 0.3) is 0 Å². The summed E-state index contributed by atoms with van der Waals surface area (Å²) in [6, 6.07) is 7.18. The zero-order chi connectivity index (χ0) is 13.7. The summed E-state index contributed by atoms with van der Waals surface area (Å²) in [4.78, 5) is 4.11. The van der Waals surface area contributed by atoms with Gasteiger partial charge in [-0.15, -0.1) is 0 Å². The van der Waals surface area contributed by atoms with Crippen LogP contribution in [0.3, 0.4) is 0 Å². The van der Waals surface area contributed by atoms with Crippen LogP contribution in [0.1, 0.15) is 30.9 Å². The third-order valence-corrected chi connectivity index (χ3v) is 3.10. The van der Waals surface area contributed by atoms with Crippen molar-refractivity contribution in [3.8, 4) is 0 Å². The Kier molecular flexibility index (Phi) is 4.50. The quantitative estimate of drug-likeness (QED) is 0.846. The number of hydrogen-bond donors (Lipinski definition) is 1. The molecule has 19 heavy (non-hydrogen) atoms. The van der Waals surface area contributed by atoms with E-state index in [-0.39, 0.29) is 5.82 Å². The van der Waals surface area contributed by atoms with Gasteiger partial charge in [0, 0.05) is 6.20 Å². The van der Waals surface area contributed by atoms with Gasteiger partial charge in [0.15, 0.2) is 0 Å². The first-order valence-corrected chi connectivity index (χ1v) is 6.66. The van der Waals surface area contributed by atoms with Crippen LogP contribution < -0.4 is 5.32 Å². The van der Waals surface area contributed by atoms with Gasteiger partial charge in [-0.3, -0.25) is 4.98 Å². The number of halogens is 1. The maximum absolute atomic E-state index is 13.8. The molecule has 0 radical (unpaired) electrons. The molecule has 0 fully saturated rings. The zero-order valence-corrected chi connectivity index (χ0v) is 11.4. The molecule has 0 aliphatic carbocycles. The van der Waals surface area contributed by atoms with Gasteiger partial charge in [-0.05, 0) is 49.1 Å². The van der Waals surface area contributed by atoms with Crippen LogP contribution in [0.2, 0.25) is 0 Å². The molecule has 0 spiro atoms. The molecule has 0 aliphatic rings. The Morgan fingerprint density at radius 3 is 2.79 bits per heavy atom. The number of aryl methyl sites for hydroxylation is 2. The largest absolute Gasteiger partial charge is 0.352 e. The van der Waals surface area contributed by atoms with Crippen LogP contribution in [0.25, 0.3) is 0 Å². The minimum Gasteiger partial charge on any atom is -0.352 e. The maximum atomic E-state index is 13.8. The fourth-order valence-electron chi connectivity index (χ4n) is 1.99. The molecule has 0 amide bonds. The van der Waals surface area contributed by atoms with E-state index in [0.717, 1.165) is 30.5 Å². The molecule has 0 atom stereocenters. The third-order valence-electron chi connectivity index (χ3n) is 3.10. The lowest BCUT2D eigenvalue weighted by Gasteiger charge is -2.12. The predicted octanol–water partition coefficient (Wildman–Crippen LogP) is 4.62. The number of rotatable bonds is 5. The minimum atomic E-state index is -0.231. The molecule has 3 heteroatoms. The minimum absolute atomic E-state index is 0.231. The first-order chi connectivity index (χ1) is 9.20. The van der Waals surface area contributed by atoms with Crippen LogP contribution in [-0.4, -0.2) is 4.98 Å². The summed E-state index contributed by atoms with van der Waals surface area (Å²) in [5.74, 6) is -0.231. The standard InChI is InChI=1S/C16H19FN2/c1-3-4-5-13-8-9-18-11-16(13)19-15-7-6-12(2)10-14(15)17/h6-11,19H,3-5H2,1-2H3. The van der Waals surface area contributed by atoms with E-state index in [9.17, 15) is 4.39 Å². The van der Waals surface area contributed by atoms with Crippen LogP contribution in [0, 0.1) is 12.7 Å². The highest BCUT2D eigenvalue weighted by Gasteiger charge is 2.06. The average molecular weight is 258 g/mol. The van der Waals surface area contributed by atoms with E-state index < -0.39 is 0 Å². The topological polar surface area (TPSA) is 24.9 Å². The number of hydrogen-bond acceptors (Lipinski definition) is 2. The van der Waals surface area contributed by atoms with Gasteiger partial charge in [0.2, 0.25) is 0 Å². The number of pyridine rings is 1. The Morgan fingerprint density at radius 2 is 2.05 bits per heavy atom. The molecular formula is C16H19FN2. The molecule has 1 N–H and O–H groups in total. The Morgan fingerprint density at radius 1 is 1.21 bits per heavy atom. The Balaban J connectivity index is 2.22. The molecule has 0 bridgehead atoms. The highest BCUT2D eigenvalue weighted by atomic mass is 19.1. The van der Waals surface area contributed by atoms with Crippen molar-refractivity contribution in [3.63, 3.8) is 0 Å². The van der Waals surface area contributed by atoms with Crippen molar-refractivity contribution < 1.29 is 4.39 Å². The van der Waals surface area contributed by atoms with Crippen molar-refractivity contribution in [1.82, 2.24) is 4.98 Å². The van der Waals surface area contributed by atoms with Gasteiger partial charge in [-0.2, -0.15) is 0 Å². The number of anilines is 2. The van der Waals surface area contributed by atoms with E-state index in [0.29, 0.717) is 5.69 Å². The van der Waals surface area contributed by atoms with Crippen molar-refractivity contribution >= 4 is 11.4 Å². The fraction of sp³-hybridized carbons (Fsp3) is 0.312. The van der Waals surface area contributed by atoms with Crippen molar-refractivity contribution in [2.24, 2.45) is 0 Å². The summed E-state index contributed by atoms with van der Waals surface area (Å²) in [5.41, 5.74) is 3.48. The summed E-state index contributed by atoms with van der Waals surface area (Å²) in [5, 5.41) is 3.14. The highest BCUT2D eigenvalue weighted by molar-refractivity contribution is 5.63. The van der Waals surface area contributed by atoms with Gasteiger partial charge in [-0.1, -0.05) is 19.4 Å². The predicted molar refractivity (Wildman–Crippen MR) is 77.3 cm³/mol. The van der Waals surface area contributed by atoms with Gasteiger partial charge >= 0.3 is 0 Å². The number of benzene rings is 1. The normalized spacial score (nSPS) is 10.5. The number of nitrogens with one attached hydrogen (secondary N) is 1. The second-order valence-corrected chi connectivity index (χ2v) is 4.74. The van der Waals surface area contributed by atoms with E-state index in [1.54, 1.807) is 18.5 Å². The third kappa shape index (κ3) is 3.53. The summed E-state index contributed by atoms with van der Waals surface area (Å²) >= 11 is 0. The van der Waals surface area contributed by atoms with Gasteiger partial charge in [0.1, 0.15) is 5.82 Å². The molecule has 2 rings (SSSR count). The van der Waals surface area contributed by atoms with Crippen molar-refractivity contribution in [2.75, 3.05) is 5.32 Å². The Labute approximate surface area is 113 Å². The molecule has 1 aromatic heterocycles. The van der Waals surface area contributed by atoms with Crippen LogP contribution in [0.4, 0.5) is 15.8 Å². The fourth-order valence-corrected chi connectivity index (χ4v) is 1.99. The molecule has 100 valence electrons. The van der Waals surface area contributed by atoms with Crippen molar-refractivity contribution in [1.29, 1.82) is 0 Å². The molecule has 0 saturated heterocycles. The van der Waals surface area contributed by atoms with E-state index >= 15 is 0 Å². The highest BCUT2D eigenvalue weighted by Crippen LogP contribution is 2.24. The summed E-state index contributed by atoms with van der Waals surface area (Å²) in [6.07, 6.45) is 6.77. The monoisotopic (exact) mass is 258 g/mol. The van der Waals surface area contributed by atoms with E-state index in [1.165, 1.54) is 11.6 Å². The lowest BCUT2D eigenvalue weighted by molar-refractivity contribution is 0.630. The van der Waals surface area contributed by atoms with Gasteiger partial charge in [0.05, 0.1) is 17.6 Å². The SMILES string of the molecule is CCCCc1ccncc1Nc1ccc(C)cc1F. The number of unbranched alkanes of at least 4 members (excludes halogenated alkanes) is 1. The van der Waals surface area contributed by atoms with E-state index in [4.69, 9.17) is 0 Å². The van der Waals surface area contributed by atoms with Crippen LogP contribution in [0.15, 0.2) is 36.7 Å². The molecule has 2 aromatic rings. The second kappa shape index (κ2) is 6.32. The summed E-state index contributed by atoms with van der Waals surface area (Å²) < 4.78 is 13.8. The molecule has 1 aromatic carbocycles. The smallest absolute Gasteiger partial charge is 0.146 e. The average Bonchev–Trinajstić information content (AvgIpc) is 2.41. The Hall–Kier alpha value is -1.90. The van der Waals surface area contributed by atoms with Crippen LogP contribution in [-0.2, 0) is 6.42 Å². The number of nitrogens with zero attached hydrogens (tertiary/aromatic N) is 1. The summed E-state index contributed by atoms with van der Waals surface area (Å²) in [7, 11) is 0. The first-order valence-electron chi connectivity index (χ1n) is 6.66. The van der Waals surface area contributed by atoms with E-state index in [2.05, 4.69) is 17.2 Å². The van der Waals surface area contributed by atoms with Crippen LogP contribution in [0.5, 0.6) is 0 Å². The van der Waals surface area contributed by atoms with Crippen LogP contribution >= 0.6 is 0 Å². The number of aromatic nitrogens is 1.